The number of piperazine rings is 1. The van der Waals surface area contributed by atoms with Gasteiger partial charge in [-0.25, -0.2) is 0 Å². The third-order valence-corrected chi connectivity index (χ3v) is 3.63. The molecule has 1 heterocycles. The molecule has 1 saturated heterocycles. The summed E-state index contributed by atoms with van der Waals surface area (Å²) in [6.07, 6.45) is 5.62. The van der Waals surface area contributed by atoms with E-state index in [9.17, 15) is 4.79 Å². The lowest BCUT2D eigenvalue weighted by atomic mass is 9.88. The van der Waals surface area contributed by atoms with Gasteiger partial charge >= 0.3 is 0 Å². The molecule has 4 nitrogen and oxygen atoms in total. The Morgan fingerprint density at radius 3 is 2.75 bits per heavy atom. The Hall–Kier alpha value is -1.08. The molecule has 4 heteroatoms. The van der Waals surface area contributed by atoms with Crippen molar-refractivity contribution in [2.45, 2.75) is 38.1 Å². The second-order valence-corrected chi connectivity index (χ2v) is 4.72. The summed E-state index contributed by atoms with van der Waals surface area (Å²) in [5.74, 6) is 0.399. The van der Waals surface area contributed by atoms with Crippen LogP contribution in [0, 0.1) is 17.2 Å². The van der Waals surface area contributed by atoms with Crippen molar-refractivity contribution >= 4 is 5.91 Å². The van der Waals surface area contributed by atoms with Crippen LogP contribution in [0.25, 0.3) is 0 Å². The van der Waals surface area contributed by atoms with Gasteiger partial charge in [-0.1, -0.05) is 19.3 Å². The summed E-state index contributed by atoms with van der Waals surface area (Å²) in [5.41, 5.74) is 0. The van der Waals surface area contributed by atoms with Gasteiger partial charge in [0.1, 0.15) is 6.04 Å². The van der Waals surface area contributed by atoms with Crippen LogP contribution in [0.5, 0.6) is 0 Å². The maximum atomic E-state index is 12.3. The minimum absolute atomic E-state index is 0.183. The van der Waals surface area contributed by atoms with E-state index in [1.807, 2.05) is 0 Å². The lowest BCUT2D eigenvalue weighted by molar-refractivity contribution is -0.138. The van der Waals surface area contributed by atoms with Crippen molar-refractivity contribution in [3.8, 4) is 6.07 Å². The van der Waals surface area contributed by atoms with Crippen LogP contribution in [-0.2, 0) is 4.79 Å². The van der Waals surface area contributed by atoms with Gasteiger partial charge in [0.15, 0.2) is 0 Å². The molecule has 0 aromatic carbocycles. The first-order valence-electron chi connectivity index (χ1n) is 6.23. The van der Waals surface area contributed by atoms with Gasteiger partial charge in [-0.3, -0.25) is 4.79 Å². The zero-order valence-corrected chi connectivity index (χ0v) is 9.61. The summed E-state index contributed by atoms with van der Waals surface area (Å²) < 4.78 is 0. The average Bonchev–Trinajstić information content (AvgIpc) is 2.39. The summed E-state index contributed by atoms with van der Waals surface area (Å²) in [4.78, 5) is 14.1. The molecule has 16 heavy (non-hydrogen) atoms. The van der Waals surface area contributed by atoms with Crippen LogP contribution in [-0.4, -0.2) is 36.5 Å². The van der Waals surface area contributed by atoms with Crippen molar-refractivity contribution in [2.24, 2.45) is 5.92 Å². The van der Waals surface area contributed by atoms with Crippen LogP contribution in [0.15, 0.2) is 0 Å². The predicted octanol–water partition coefficient (Wildman–Crippen LogP) is 0.891. The van der Waals surface area contributed by atoms with Gasteiger partial charge in [0.25, 0.3) is 0 Å². The number of hydrogen-bond acceptors (Lipinski definition) is 3. The van der Waals surface area contributed by atoms with E-state index in [0.29, 0.717) is 13.1 Å². The molecule has 1 saturated carbocycles. The first-order valence-corrected chi connectivity index (χ1v) is 6.23. The molecule has 1 N–H and O–H groups in total. The topological polar surface area (TPSA) is 56.1 Å². The molecule has 1 aliphatic heterocycles. The van der Waals surface area contributed by atoms with Gasteiger partial charge in [0, 0.05) is 25.6 Å². The third kappa shape index (κ3) is 2.35. The number of carbonyl (C=O) groups excluding carboxylic acids is 1. The van der Waals surface area contributed by atoms with Crippen LogP contribution in [0.4, 0.5) is 0 Å². The molecular weight excluding hydrogens is 202 g/mol. The molecular formula is C12H19N3O. The molecule has 88 valence electrons. The first kappa shape index (κ1) is 11.4. The number of amides is 1. The van der Waals surface area contributed by atoms with Gasteiger partial charge in [-0.2, -0.15) is 5.26 Å². The monoisotopic (exact) mass is 221 g/mol. The standard InChI is InChI=1S/C12H19N3O/c13-8-11-9-14-6-7-15(11)12(16)10-4-2-1-3-5-10/h10-11,14H,1-7,9H2. The Morgan fingerprint density at radius 1 is 1.31 bits per heavy atom. The number of nitrogens with one attached hydrogen (secondary N) is 1. The Morgan fingerprint density at radius 2 is 2.06 bits per heavy atom. The number of rotatable bonds is 1. The fraction of sp³-hybridized carbons (Fsp3) is 0.833. The van der Waals surface area contributed by atoms with Crippen LogP contribution >= 0.6 is 0 Å². The van der Waals surface area contributed by atoms with E-state index in [0.717, 1.165) is 19.4 Å². The smallest absolute Gasteiger partial charge is 0.226 e. The van der Waals surface area contributed by atoms with Crippen molar-refractivity contribution in [3.63, 3.8) is 0 Å². The molecule has 0 radical (unpaired) electrons. The van der Waals surface area contributed by atoms with Crippen molar-refractivity contribution in [1.82, 2.24) is 10.2 Å². The molecule has 2 fully saturated rings. The van der Waals surface area contributed by atoms with E-state index in [1.54, 1.807) is 4.90 Å². The van der Waals surface area contributed by atoms with Gasteiger partial charge in [-0.05, 0) is 12.8 Å². The molecule has 0 aromatic rings. The summed E-state index contributed by atoms with van der Waals surface area (Å²) in [7, 11) is 0. The second-order valence-electron chi connectivity index (χ2n) is 4.72. The van der Waals surface area contributed by atoms with Gasteiger partial charge in [0.2, 0.25) is 5.91 Å². The fourth-order valence-electron chi connectivity index (χ4n) is 2.67. The molecule has 2 rings (SSSR count). The molecule has 1 amide bonds. The quantitative estimate of drug-likeness (QED) is 0.715. The van der Waals surface area contributed by atoms with Crippen LogP contribution in [0.3, 0.4) is 0 Å². The minimum atomic E-state index is -0.261. The van der Waals surface area contributed by atoms with Gasteiger partial charge in [-0.15, -0.1) is 0 Å². The molecule has 2 aliphatic rings. The van der Waals surface area contributed by atoms with E-state index in [-0.39, 0.29) is 17.9 Å². The second kappa shape index (κ2) is 5.31. The maximum absolute atomic E-state index is 12.3. The maximum Gasteiger partial charge on any atom is 0.226 e. The van der Waals surface area contributed by atoms with Crippen LogP contribution < -0.4 is 5.32 Å². The van der Waals surface area contributed by atoms with E-state index < -0.39 is 0 Å². The molecule has 0 bridgehead atoms. The first-order chi connectivity index (χ1) is 7.83. The third-order valence-electron chi connectivity index (χ3n) is 3.63. The summed E-state index contributed by atoms with van der Waals surface area (Å²) in [6, 6.07) is 1.96. The number of carbonyl (C=O) groups is 1. The minimum Gasteiger partial charge on any atom is -0.324 e. The summed E-state index contributed by atoms with van der Waals surface area (Å²) >= 11 is 0. The normalized spacial score (nSPS) is 27.4. The van der Waals surface area contributed by atoms with Gasteiger partial charge < -0.3 is 10.2 Å². The zero-order valence-electron chi connectivity index (χ0n) is 9.61. The highest BCUT2D eigenvalue weighted by Gasteiger charge is 2.31. The lowest BCUT2D eigenvalue weighted by Crippen LogP contribution is -2.54. The van der Waals surface area contributed by atoms with Crippen LogP contribution in [0.2, 0.25) is 0 Å². The van der Waals surface area contributed by atoms with Crippen molar-refractivity contribution < 1.29 is 4.79 Å². The molecule has 0 aromatic heterocycles. The Kier molecular flexibility index (Phi) is 3.79. The van der Waals surface area contributed by atoms with Gasteiger partial charge in [0.05, 0.1) is 6.07 Å². The van der Waals surface area contributed by atoms with E-state index in [1.165, 1.54) is 19.3 Å². The number of nitrogens with zero attached hydrogens (tertiary/aromatic N) is 2. The molecule has 0 spiro atoms. The SMILES string of the molecule is N#CC1CNCCN1C(=O)C1CCCCC1. The Balaban J connectivity index is 1.98. The van der Waals surface area contributed by atoms with E-state index >= 15 is 0 Å². The van der Waals surface area contributed by atoms with Crippen molar-refractivity contribution in [1.29, 1.82) is 5.26 Å². The van der Waals surface area contributed by atoms with Crippen LogP contribution in [0.1, 0.15) is 32.1 Å². The van der Waals surface area contributed by atoms with E-state index in [2.05, 4.69) is 11.4 Å². The lowest BCUT2D eigenvalue weighted by Gasteiger charge is -2.35. The highest BCUT2D eigenvalue weighted by atomic mass is 16.2. The molecule has 1 aliphatic carbocycles. The molecule has 1 atom stereocenters. The Labute approximate surface area is 96.6 Å². The zero-order chi connectivity index (χ0) is 11.4. The largest absolute Gasteiger partial charge is 0.324 e. The number of nitriles is 1. The van der Waals surface area contributed by atoms with Crippen molar-refractivity contribution in [3.05, 3.63) is 0 Å². The average molecular weight is 221 g/mol. The van der Waals surface area contributed by atoms with Crippen molar-refractivity contribution in [2.75, 3.05) is 19.6 Å². The summed E-state index contributed by atoms with van der Waals surface area (Å²) in [5, 5.41) is 12.2. The molecule has 1 unspecified atom stereocenters. The summed E-state index contributed by atoms with van der Waals surface area (Å²) in [6.45, 7) is 2.12. The van der Waals surface area contributed by atoms with E-state index in [4.69, 9.17) is 5.26 Å². The number of hydrogen-bond donors (Lipinski definition) is 1. The predicted molar refractivity (Wildman–Crippen MR) is 60.6 cm³/mol. The Bertz CT molecular complexity index is 291. The highest BCUT2D eigenvalue weighted by molar-refractivity contribution is 5.79. The highest BCUT2D eigenvalue weighted by Crippen LogP contribution is 2.26. The fourth-order valence-corrected chi connectivity index (χ4v) is 2.67.